The quantitative estimate of drug-likeness (QED) is 0.489. The maximum absolute atomic E-state index is 6.09. The van der Waals surface area contributed by atoms with Crippen molar-refractivity contribution in [3.8, 4) is 0 Å². The van der Waals surface area contributed by atoms with E-state index in [1.807, 2.05) is 0 Å². The molecule has 1 aromatic carbocycles. The second kappa shape index (κ2) is 6.08. The lowest BCUT2D eigenvalue weighted by molar-refractivity contribution is 1.02. The Bertz CT molecular complexity index is 582. The van der Waals surface area contributed by atoms with E-state index in [-0.39, 0.29) is 0 Å². The van der Waals surface area contributed by atoms with Gasteiger partial charge in [0.15, 0.2) is 5.82 Å². The van der Waals surface area contributed by atoms with Gasteiger partial charge in [0.1, 0.15) is 11.4 Å². The molecule has 1 aromatic heterocycles. The van der Waals surface area contributed by atoms with E-state index in [1.165, 1.54) is 18.1 Å². The molecule has 0 aliphatic carbocycles. The normalized spacial score (nSPS) is 10.4. The SMILES string of the molecule is NNc1ncnc(Sc2cc(Cl)ccc2Cl)c1Br. The first-order chi connectivity index (χ1) is 8.61. The average Bonchev–Trinajstić information content (AvgIpc) is 2.36. The largest absolute Gasteiger partial charge is 0.307 e. The van der Waals surface area contributed by atoms with E-state index in [0.717, 1.165) is 4.90 Å². The van der Waals surface area contributed by atoms with Crippen molar-refractivity contribution in [3.05, 3.63) is 39.0 Å². The minimum atomic E-state index is 0.505. The van der Waals surface area contributed by atoms with Gasteiger partial charge in [0.2, 0.25) is 0 Å². The summed E-state index contributed by atoms with van der Waals surface area (Å²) in [4.78, 5) is 8.94. The highest BCUT2D eigenvalue weighted by Crippen LogP contribution is 2.38. The highest BCUT2D eigenvalue weighted by atomic mass is 79.9. The first-order valence-corrected chi connectivity index (χ1v) is 7.08. The summed E-state index contributed by atoms with van der Waals surface area (Å²) in [6, 6.07) is 5.25. The van der Waals surface area contributed by atoms with E-state index in [1.54, 1.807) is 18.2 Å². The summed E-state index contributed by atoms with van der Waals surface area (Å²) in [5.74, 6) is 5.85. The lowest BCUT2D eigenvalue weighted by Crippen LogP contribution is -2.09. The monoisotopic (exact) mass is 364 g/mol. The molecule has 0 unspecified atom stereocenters. The lowest BCUT2D eigenvalue weighted by atomic mass is 10.4. The molecule has 2 aromatic rings. The van der Waals surface area contributed by atoms with Gasteiger partial charge in [-0.1, -0.05) is 35.0 Å². The van der Waals surface area contributed by atoms with Gasteiger partial charge in [-0.25, -0.2) is 15.8 Å². The zero-order chi connectivity index (χ0) is 13.1. The van der Waals surface area contributed by atoms with Crippen LogP contribution in [0.4, 0.5) is 5.82 Å². The number of benzene rings is 1. The highest BCUT2D eigenvalue weighted by Gasteiger charge is 2.11. The molecule has 0 fully saturated rings. The van der Waals surface area contributed by atoms with Crippen molar-refractivity contribution < 1.29 is 0 Å². The van der Waals surface area contributed by atoms with Gasteiger partial charge in [-0.15, -0.1) is 0 Å². The molecule has 4 nitrogen and oxygen atoms in total. The fourth-order valence-corrected chi connectivity index (χ4v) is 3.06. The first kappa shape index (κ1) is 13.9. The van der Waals surface area contributed by atoms with Crippen LogP contribution in [0.2, 0.25) is 10.0 Å². The molecule has 0 saturated heterocycles. The molecule has 3 N–H and O–H groups in total. The second-order valence-corrected chi connectivity index (χ2v) is 5.83. The Kier molecular flexibility index (Phi) is 4.69. The fraction of sp³-hybridized carbons (Fsp3) is 0. The molecule has 0 aliphatic heterocycles. The van der Waals surface area contributed by atoms with Gasteiger partial charge in [0.25, 0.3) is 0 Å². The van der Waals surface area contributed by atoms with Gasteiger partial charge in [0, 0.05) is 9.92 Å². The number of aromatic nitrogens is 2. The molecule has 18 heavy (non-hydrogen) atoms. The van der Waals surface area contributed by atoms with Crippen molar-refractivity contribution in [2.24, 2.45) is 5.84 Å². The predicted molar refractivity (Wildman–Crippen MR) is 78.1 cm³/mol. The number of hydrogen-bond donors (Lipinski definition) is 2. The van der Waals surface area contributed by atoms with Crippen LogP contribution in [0.15, 0.2) is 38.9 Å². The standard InChI is InChI=1S/C10H7BrCl2N4S/c11-8-9(17-14)15-4-16-10(8)18-7-3-5(12)1-2-6(7)13/h1-4H,14H2,(H,15,16,17). The molecule has 1 heterocycles. The molecule has 8 heteroatoms. The van der Waals surface area contributed by atoms with Gasteiger partial charge in [-0.2, -0.15) is 0 Å². The second-order valence-electron chi connectivity index (χ2n) is 3.16. The smallest absolute Gasteiger partial charge is 0.158 e. The van der Waals surface area contributed by atoms with Gasteiger partial charge < -0.3 is 5.43 Å². The Labute approximate surface area is 126 Å². The molecule has 2 rings (SSSR count). The van der Waals surface area contributed by atoms with Crippen LogP contribution in [-0.4, -0.2) is 9.97 Å². The molecule has 0 spiro atoms. The number of rotatable bonds is 3. The topological polar surface area (TPSA) is 63.8 Å². The molecule has 0 aliphatic rings. The van der Waals surface area contributed by atoms with Gasteiger partial charge in [0.05, 0.1) is 9.50 Å². The third kappa shape index (κ3) is 3.07. The molecule has 0 bridgehead atoms. The van der Waals surface area contributed by atoms with Crippen molar-refractivity contribution in [1.29, 1.82) is 0 Å². The molecular formula is C10H7BrCl2N4S. The number of hydrogen-bond acceptors (Lipinski definition) is 5. The average molecular weight is 366 g/mol. The molecule has 0 atom stereocenters. The van der Waals surface area contributed by atoms with Crippen LogP contribution < -0.4 is 11.3 Å². The Morgan fingerprint density at radius 3 is 2.78 bits per heavy atom. The van der Waals surface area contributed by atoms with Crippen LogP contribution in [0.1, 0.15) is 0 Å². The van der Waals surface area contributed by atoms with Crippen molar-refractivity contribution in [2.75, 3.05) is 5.43 Å². The third-order valence-electron chi connectivity index (χ3n) is 1.99. The number of nitrogens with two attached hydrogens (primary N) is 1. The van der Waals surface area contributed by atoms with E-state index in [4.69, 9.17) is 29.0 Å². The van der Waals surface area contributed by atoms with E-state index in [9.17, 15) is 0 Å². The maximum atomic E-state index is 6.09. The van der Waals surface area contributed by atoms with Crippen LogP contribution in [0.5, 0.6) is 0 Å². The maximum Gasteiger partial charge on any atom is 0.158 e. The van der Waals surface area contributed by atoms with Crippen molar-refractivity contribution in [3.63, 3.8) is 0 Å². The minimum absolute atomic E-state index is 0.505. The summed E-state index contributed by atoms with van der Waals surface area (Å²) >= 11 is 16.8. The fourth-order valence-electron chi connectivity index (χ4n) is 1.19. The summed E-state index contributed by atoms with van der Waals surface area (Å²) in [7, 11) is 0. The van der Waals surface area contributed by atoms with Crippen LogP contribution in [0, 0.1) is 0 Å². The number of nitrogen functional groups attached to an aromatic ring is 1. The Hall–Kier alpha value is -0.530. The number of anilines is 1. The lowest BCUT2D eigenvalue weighted by Gasteiger charge is -2.08. The summed E-state index contributed by atoms with van der Waals surface area (Å²) in [6.07, 6.45) is 1.42. The molecule has 0 radical (unpaired) electrons. The van der Waals surface area contributed by atoms with Crippen LogP contribution in [0.25, 0.3) is 0 Å². The zero-order valence-corrected chi connectivity index (χ0v) is 12.7. The first-order valence-electron chi connectivity index (χ1n) is 4.72. The Morgan fingerprint density at radius 1 is 1.28 bits per heavy atom. The molecule has 0 amide bonds. The molecule has 94 valence electrons. The van der Waals surface area contributed by atoms with Crippen LogP contribution in [0.3, 0.4) is 0 Å². The van der Waals surface area contributed by atoms with Gasteiger partial charge in [-0.05, 0) is 34.1 Å². The van der Waals surface area contributed by atoms with E-state index in [0.29, 0.717) is 25.4 Å². The number of halogens is 3. The minimum Gasteiger partial charge on any atom is -0.307 e. The number of nitrogens with one attached hydrogen (secondary N) is 1. The van der Waals surface area contributed by atoms with Crippen LogP contribution >= 0.6 is 50.9 Å². The Balaban J connectivity index is 2.37. The van der Waals surface area contributed by atoms with E-state index in [2.05, 4.69) is 31.3 Å². The zero-order valence-electron chi connectivity index (χ0n) is 8.82. The summed E-state index contributed by atoms with van der Waals surface area (Å²) in [5.41, 5.74) is 2.48. The summed E-state index contributed by atoms with van der Waals surface area (Å²) in [6.45, 7) is 0. The number of hydrazine groups is 1. The van der Waals surface area contributed by atoms with Crippen molar-refractivity contribution in [2.45, 2.75) is 9.92 Å². The van der Waals surface area contributed by atoms with Crippen LogP contribution in [-0.2, 0) is 0 Å². The predicted octanol–water partition coefficient (Wildman–Crippen LogP) is 3.98. The molecule has 0 saturated carbocycles. The number of nitrogens with zero attached hydrogens (tertiary/aromatic N) is 2. The Morgan fingerprint density at radius 2 is 2.06 bits per heavy atom. The van der Waals surface area contributed by atoms with Crippen molar-refractivity contribution >= 4 is 56.7 Å². The summed E-state index contributed by atoms with van der Waals surface area (Å²) < 4.78 is 0.675. The third-order valence-corrected chi connectivity index (χ3v) is 4.74. The highest BCUT2D eigenvalue weighted by molar-refractivity contribution is 9.10. The summed E-state index contributed by atoms with van der Waals surface area (Å²) in [5, 5.41) is 1.92. The van der Waals surface area contributed by atoms with Gasteiger partial charge >= 0.3 is 0 Å². The van der Waals surface area contributed by atoms with E-state index >= 15 is 0 Å². The van der Waals surface area contributed by atoms with E-state index < -0.39 is 0 Å². The van der Waals surface area contributed by atoms with Crippen molar-refractivity contribution in [1.82, 2.24) is 9.97 Å². The molecular weight excluding hydrogens is 359 g/mol. The van der Waals surface area contributed by atoms with Gasteiger partial charge in [-0.3, -0.25) is 0 Å².